The Balaban J connectivity index is 2.16. The lowest BCUT2D eigenvalue weighted by Gasteiger charge is -2.16. The predicted molar refractivity (Wildman–Crippen MR) is 66.4 cm³/mol. The average molecular weight is 251 g/mol. The minimum Gasteiger partial charge on any atom is -0.310 e. The van der Waals surface area contributed by atoms with Crippen molar-refractivity contribution >= 4 is 11.3 Å². The summed E-state index contributed by atoms with van der Waals surface area (Å²) in [6.07, 6.45) is 5.59. The van der Waals surface area contributed by atoms with Gasteiger partial charge in [-0.2, -0.15) is 0 Å². The van der Waals surface area contributed by atoms with Crippen LogP contribution < -0.4 is 5.32 Å². The quantitative estimate of drug-likeness (QED) is 0.887. The number of hydrogen-bond acceptors (Lipinski definition) is 4. The number of nitrogens with one attached hydrogen (secondary N) is 1. The highest BCUT2D eigenvalue weighted by atomic mass is 32.1. The molecule has 0 saturated heterocycles. The molecular formula is C12H14FN3S. The van der Waals surface area contributed by atoms with Crippen molar-refractivity contribution < 1.29 is 4.39 Å². The summed E-state index contributed by atoms with van der Waals surface area (Å²) in [5.74, 6) is -0.297. The number of aromatic nitrogens is 2. The predicted octanol–water partition coefficient (Wildman–Crippen LogP) is 2.57. The Kier molecular flexibility index (Phi) is 4.17. The van der Waals surface area contributed by atoms with Crippen molar-refractivity contribution in [1.29, 1.82) is 0 Å². The van der Waals surface area contributed by atoms with Crippen LogP contribution in [0.1, 0.15) is 23.4 Å². The molecule has 2 aromatic rings. The van der Waals surface area contributed by atoms with E-state index in [0.29, 0.717) is 0 Å². The Morgan fingerprint density at radius 2 is 2.24 bits per heavy atom. The molecule has 2 aromatic heterocycles. The second kappa shape index (κ2) is 5.84. The molecule has 1 N–H and O–H groups in total. The average Bonchev–Trinajstić information content (AvgIpc) is 2.81. The molecule has 1 atom stereocenters. The van der Waals surface area contributed by atoms with Crippen LogP contribution >= 0.6 is 11.3 Å². The molecule has 0 spiro atoms. The zero-order chi connectivity index (χ0) is 12.1. The SMILES string of the molecule is CCNC(Cc1cncs1)c1cncc(F)c1. The van der Waals surface area contributed by atoms with Gasteiger partial charge in [0.2, 0.25) is 0 Å². The van der Waals surface area contributed by atoms with E-state index >= 15 is 0 Å². The summed E-state index contributed by atoms with van der Waals surface area (Å²) in [4.78, 5) is 9.12. The van der Waals surface area contributed by atoms with Crippen molar-refractivity contribution in [3.63, 3.8) is 0 Å². The molecule has 2 rings (SSSR count). The van der Waals surface area contributed by atoms with Crippen LogP contribution in [0.2, 0.25) is 0 Å². The van der Waals surface area contributed by atoms with Crippen LogP contribution in [0.15, 0.2) is 30.2 Å². The molecule has 0 aliphatic carbocycles. The Morgan fingerprint density at radius 1 is 1.35 bits per heavy atom. The molecule has 0 aliphatic rings. The van der Waals surface area contributed by atoms with E-state index in [-0.39, 0.29) is 11.9 Å². The molecule has 0 fully saturated rings. The number of halogens is 1. The second-order valence-corrected chi connectivity index (χ2v) is 4.69. The van der Waals surface area contributed by atoms with Crippen molar-refractivity contribution in [2.45, 2.75) is 19.4 Å². The fourth-order valence-electron chi connectivity index (χ4n) is 1.72. The van der Waals surface area contributed by atoms with Crippen LogP contribution in [0.5, 0.6) is 0 Å². The van der Waals surface area contributed by atoms with Gasteiger partial charge in [-0.1, -0.05) is 6.92 Å². The van der Waals surface area contributed by atoms with E-state index < -0.39 is 0 Å². The maximum atomic E-state index is 13.1. The van der Waals surface area contributed by atoms with Gasteiger partial charge < -0.3 is 5.32 Å². The number of rotatable bonds is 5. The molecular weight excluding hydrogens is 237 g/mol. The van der Waals surface area contributed by atoms with Gasteiger partial charge in [0.1, 0.15) is 5.82 Å². The van der Waals surface area contributed by atoms with E-state index in [1.165, 1.54) is 17.1 Å². The van der Waals surface area contributed by atoms with Crippen molar-refractivity contribution in [2.24, 2.45) is 0 Å². The summed E-state index contributed by atoms with van der Waals surface area (Å²) in [5, 5.41) is 3.34. The summed E-state index contributed by atoms with van der Waals surface area (Å²) in [6, 6.07) is 1.62. The van der Waals surface area contributed by atoms with Gasteiger partial charge in [-0.25, -0.2) is 4.39 Å². The first-order valence-corrected chi connectivity index (χ1v) is 6.38. The standard InChI is InChI=1S/C12H14FN3S/c1-2-16-12(4-11-7-15-8-17-11)9-3-10(13)6-14-5-9/h3,5-8,12,16H,2,4H2,1H3. The molecule has 3 nitrogen and oxygen atoms in total. The first kappa shape index (κ1) is 12.1. The molecule has 0 aromatic carbocycles. The van der Waals surface area contributed by atoms with Gasteiger partial charge in [-0.05, 0) is 18.2 Å². The third kappa shape index (κ3) is 3.31. The minimum absolute atomic E-state index is 0.0867. The third-order valence-corrected chi connectivity index (χ3v) is 3.27. The van der Waals surface area contributed by atoms with Gasteiger partial charge in [0.25, 0.3) is 0 Å². The van der Waals surface area contributed by atoms with E-state index in [0.717, 1.165) is 18.5 Å². The topological polar surface area (TPSA) is 37.8 Å². The molecule has 0 aliphatic heterocycles. The molecule has 0 bridgehead atoms. The van der Waals surface area contributed by atoms with Crippen LogP contribution in [-0.4, -0.2) is 16.5 Å². The molecule has 1 unspecified atom stereocenters. The summed E-state index contributed by atoms with van der Waals surface area (Å²) in [5.41, 5.74) is 2.68. The van der Waals surface area contributed by atoms with Gasteiger partial charge in [0.05, 0.1) is 11.7 Å². The van der Waals surface area contributed by atoms with Crippen LogP contribution in [0.25, 0.3) is 0 Å². The van der Waals surface area contributed by atoms with Gasteiger partial charge in [-0.15, -0.1) is 11.3 Å². The number of pyridine rings is 1. The summed E-state index contributed by atoms with van der Waals surface area (Å²) < 4.78 is 13.1. The number of nitrogens with zero attached hydrogens (tertiary/aromatic N) is 2. The number of thiazole rings is 1. The van der Waals surface area contributed by atoms with Crippen LogP contribution in [0, 0.1) is 5.82 Å². The van der Waals surface area contributed by atoms with Crippen LogP contribution in [0.4, 0.5) is 4.39 Å². The van der Waals surface area contributed by atoms with Gasteiger partial charge in [-0.3, -0.25) is 9.97 Å². The van der Waals surface area contributed by atoms with E-state index in [2.05, 4.69) is 15.3 Å². The molecule has 90 valence electrons. The van der Waals surface area contributed by atoms with E-state index in [1.54, 1.807) is 17.5 Å². The fraction of sp³-hybridized carbons (Fsp3) is 0.333. The summed E-state index contributed by atoms with van der Waals surface area (Å²) in [7, 11) is 0. The highest BCUT2D eigenvalue weighted by Gasteiger charge is 2.13. The van der Waals surface area contributed by atoms with Crippen molar-refractivity contribution in [3.8, 4) is 0 Å². The first-order valence-electron chi connectivity index (χ1n) is 5.50. The Hall–Kier alpha value is -1.33. The van der Waals surface area contributed by atoms with Crippen LogP contribution in [-0.2, 0) is 6.42 Å². The highest BCUT2D eigenvalue weighted by Crippen LogP contribution is 2.20. The number of hydrogen-bond donors (Lipinski definition) is 1. The summed E-state index contributed by atoms with van der Waals surface area (Å²) >= 11 is 1.61. The maximum Gasteiger partial charge on any atom is 0.141 e. The zero-order valence-electron chi connectivity index (χ0n) is 9.56. The maximum absolute atomic E-state index is 13.1. The van der Waals surface area contributed by atoms with E-state index in [4.69, 9.17) is 0 Å². The number of likely N-dealkylation sites (N-methyl/N-ethyl adjacent to an activating group) is 1. The van der Waals surface area contributed by atoms with E-state index in [9.17, 15) is 4.39 Å². The lowest BCUT2D eigenvalue weighted by molar-refractivity contribution is 0.542. The van der Waals surface area contributed by atoms with Crippen molar-refractivity contribution in [2.75, 3.05) is 6.54 Å². The summed E-state index contributed by atoms with van der Waals surface area (Å²) in [6.45, 7) is 2.87. The fourth-order valence-corrected chi connectivity index (χ4v) is 2.36. The van der Waals surface area contributed by atoms with Crippen molar-refractivity contribution in [1.82, 2.24) is 15.3 Å². The largest absolute Gasteiger partial charge is 0.310 e. The molecule has 0 amide bonds. The minimum atomic E-state index is -0.297. The lowest BCUT2D eigenvalue weighted by atomic mass is 10.1. The Morgan fingerprint density at radius 3 is 2.88 bits per heavy atom. The molecule has 0 radical (unpaired) electrons. The lowest BCUT2D eigenvalue weighted by Crippen LogP contribution is -2.22. The third-order valence-electron chi connectivity index (χ3n) is 2.47. The Bertz CT molecular complexity index is 459. The highest BCUT2D eigenvalue weighted by molar-refractivity contribution is 7.09. The smallest absolute Gasteiger partial charge is 0.141 e. The molecule has 17 heavy (non-hydrogen) atoms. The van der Waals surface area contributed by atoms with Gasteiger partial charge >= 0.3 is 0 Å². The molecule has 0 saturated carbocycles. The molecule has 2 heterocycles. The molecule has 5 heteroatoms. The van der Waals surface area contributed by atoms with Crippen molar-refractivity contribution in [3.05, 3.63) is 46.4 Å². The monoisotopic (exact) mass is 251 g/mol. The van der Waals surface area contributed by atoms with Crippen LogP contribution in [0.3, 0.4) is 0 Å². The first-order chi connectivity index (χ1) is 8.29. The second-order valence-electron chi connectivity index (χ2n) is 3.72. The van der Waals surface area contributed by atoms with Gasteiger partial charge in [0, 0.05) is 29.7 Å². The Labute approximate surface area is 104 Å². The van der Waals surface area contributed by atoms with E-state index in [1.807, 2.05) is 18.6 Å². The van der Waals surface area contributed by atoms with Gasteiger partial charge in [0.15, 0.2) is 0 Å². The zero-order valence-corrected chi connectivity index (χ0v) is 10.4. The normalized spacial score (nSPS) is 12.6.